The topological polar surface area (TPSA) is 42.2 Å². The number of nitrogens with zero attached hydrogens (tertiary/aromatic N) is 3. The molecule has 2 aliphatic rings. The van der Waals surface area contributed by atoms with Crippen LogP contribution in [0.25, 0.3) is 0 Å². The minimum Gasteiger partial charge on any atom is -0.338 e. The largest absolute Gasteiger partial charge is 0.338 e. The van der Waals surface area contributed by atoms with Crippen LogP contribution in [0.3, 0.4) is 0 Å². The molecule has 1 saturated heterocycles. The van der Waals surface area contributed by atoms with E-state index in [0.29, 0.717) is 5.92 Å². The van der Waals surface area contributed by atoms with Crippen molar-refractivity contribution in [3.05, 3.63) is 11.7 Å². The molecule has 2 fully saturated rings. The van der Waals surface area contributed by atoms with Crippen molar-refractivity contribution in [1.29, 1.82) is 0 Å². The molecule has 1 aliphatic heterocycles. The second-order valence-electron chi connectivity index (χ2n) is 5.47. The van der Waals surface area contributed by atoms with Gasteiger partial charge in [-0.3, -0.25) is 4.90 Å². The van der Waals surface area contributed by atoms with Crippen molar-refractivity contribution >= 4 is 0 Å². The average molecular weight is 235 g/mol. The Bertz CT molecular complexity index is 372. The molecule has 4 heteroatoms. The average Bonchev–Trinajstić information content (AvgIpc) is 3.11. The standard InChI is InChI=1S/C13H21N3O/c1-2-10-4-3-7-16(8-10)9-12-14-13(15-17-12)11-5-6-11/h10-11H,2-9H2,1H3/t10-/m1/s1. The van der Waals surface area contributed by atoms with Crippen molar-refractivity contribution < 1.29 is 4.52 Å². The summed E-state index contributed by atoms with van der Waals surface area (Å²) in [4.78, 5) is 6.96. The van der Waals surface area contributed by atoms with Gasteiger partial charge in [-0.2, -0.15) is 4.98 Å². The highest BCUT2D eigenvalue weighted by atomic mass is 16.5. The van der Waals surface area contributed by atoms with Gasteiger partial charge in [0.2, 0.25) is 5.89 Å². The minimum absolute atomic E-state index is 0.595. The predicted molar refractivity (Wildman–Crippen MR) is 64.6 cm³/mol. The predicted octanol–water partition coefficient (Wildman–Crippen LogP) is 2.57. The molecule has 0 spiro atoms. The maximum Gasteiger partial charge on any atom is 0.240 e. The van der Waals surface area contributed by atoms with Crippen LogP contribution in [0, 0.1) is 5.92 Å². The highest BCUT2D eigenvalue weighted by molar-refractivity contribution is 5.03. The van der Waals surface area contributed by atoms with E-state index >= 15 is 0 Å². The summed E-state index contributed by atoms with van der Waals surface area (Å²) in [7, 11) is 0. The summed E-state index contributed by atoms with van der Waals surface area (Å²) in [5, 5.41) is 4.07. The van der Waals surface area contributed by atoms with E-state index in [1.807, 2.05) is 0 Å². The molecule has 0 bridgehead atoms. The maximum absolute atomic E-state index is 5.33. The number of likely N-dealkylation sites (tertiary alicyclic amines) is 1. The molecule has 0 unspecified atom stereocenters. The van der Waals surface area contributed by atoms with E-state index in [0.717, 1.165) is 24.2 Å². The fourth-order valence-corrected chi connectivity index (χ4v) is 2.66. The van der Waals surface area contributed by atoms with Gasteiger partial charge in [0.1, 0.15) is 0 Å². The van der Waals surface area contributed by atoms with Crippen molar-refractivity contribution in [2.75, 3.05) is 13.1 Å². The van der Waals surface area contributed by atoms with Crippen LogP contribution in [-0.2, 0) is 6.54 Å². The van der Waals surface area contributed by atoms with E-state index in [1.165, 1.54) is 45.2 Å². The van der Waals surface area contributed by atoms with Crippen LogP contribution in [0.5, 0.6) is 0 Å². The molecule has 0 amide bonds. The Hall–Kier alpha value is -0.900. The van der Waals surface area contributed by atoms with Crippen molar-refractivity contribution in [3.63, 3.8) is 0 Å². The van der Waals surface area contributed by atoms with Crippen LogP contribution in [0.15, 0.2) is 4.52 Å². The Morgan fingerprint density at radius 2 is 2.24 bits per heavy atom. The van der Waals surface area contributed by atoms with E-state index in [2.05, 4.69) is 22.0 Å². The Morgan fingerprint density at radius 1 is 1.35 bits per heavy atom. The van der Waals surface area contributed by atoms with Crippen LogP contribution >= 0.6 is 0 Å². The van der Waals surface area contributed by atoms with Gasteiger partial charge in [0.25, 0.3) is 0 Å². The monoisotopic (exact) mass is 235 g/mol. The van der Waals surface area contributed by atoms with Crippen LogP contribution in [0.4, 0.5) is 0 Å². The van der Waals surface area contributed by atoms with Crippen LogP contribution < -0.4 is 0 Å². The van der Waals surface area contributed by atoms with Gasteiger partial charge in [0.05, 0.1) is 6.54 Å². The van der Waals surface area contributed by atoms with Crippen molar-refractivity contribution in [2.24, 2.45) is 5.92 Å². The summed E-state index contributed by atoms with van der Waals surface area (Å²) in [6.45, 7) is 5.50. The molecule has 1 aliphatic carbocycles. The van der Waals surface area contributed by atoms with Crippen molar-refractivity contribution in [2.45, 2.75) is 51.5 Å². The summed E-state index contributed by atoms with van der Waals surface area (Å²) in [5.74, 6) is 3.19. The molecule has 0 N–H and O–H groups in total. The Labute approximate surface area is 102 Å². The van der Waals surface area contributed by atoms with E-state index in [4.69, 9.17) is 4.52 Å². The van der Waals surface area contributed by atoms with Gasteiger partial charge >= 0.3 is 0 Å². The molecule has 1 saturated carbocycles. The first kappa shape index (κ1) is 11.2. The SMILES string of the molecule is CC[C@@H]1CCCN(Cc2nc(C3CC3)no2)C1. The molecule has 17 heavy (non-hydrogen) atoms. The molecule has 4 nitrogen and oxygen atoms in total. The third-order valence-electron chi connectivity index (χ3n) is 3.97. The normalized spacial score (nSPS) is 26.3. The number of aromatic nitrogens is 2. The van der Waals surface area contributed by atoms with Crippen molar-refractivity contribution in [3.8, 4) is 0 Å². The molecule has 3 rings (SSSR count). The molecule has 2 heterocycles. The third kappa shape index (κ3) is 2.68. The maximum atomic E-state index is 5.33. The zero-order valence-electron chi connectivity index (χ0n) is 10.6. The summed E-state index contributed by atoms with van der Waals surface area (Å²) in [6.07, 6.45) is 6.45. The van der Waals surface area contributed by atoms with Gasteiger partial charge in [0, 0.05) is 12.5 Å². The molecular formula is C13H21N3O. The smallest absolute Gasteiger partial charge is 0.240 e. The summed E-state index contributed by atoms with van der Waals surface area (Å²) in [5.41, 5.74) is 0. The zero-order chi connectivity index (χ0) is 11.7. The fraction of sp³-hybridized carbons (Fsp3) is 0.846. The first-order valence-electron chi connectivity index (χ1n) is 6.90. The van der Waals surface area contributed by atoms with Gasteiger partial charge in [-0.05, 0) is 38.1 Å². The van der Waals surface area contributed by atoms with Crippen LogP contribution in [0.2, 0.25) is 0 Å². The first-order valence-corrected chi connectivity index (χ1v) is 6.90. The van der Waals surface area contributed by atoms with Crippen molar-refractivity contribution in [1.82, 2.24) is 15.0 Å². The zero-order valence-corrected chi connectivity index (χ0v) is 10.6. The Balaban J connectivity index is 1.57. The van der Waals surface area contributed by atoms with Crippen LogP contribution in [-0.4, -0.2) is 28.1 Å². The number of hydrogen-bond acceptors (Lipinski definition) is 4. The highest BCUT2D eigenvalue weighted by Crippen LogP contribution is 2.38. The fourth-order valence-electron chi connectivity index (χ4n) is 2.66. The number of piperidine rings is 1. The van der Waals surface area contributed by atoms with Gasteiger partial charge in [-0.25, -0.2) is 0 Å². The Morgan fingerprint density at radius 3 is 3.00 bits per heavy atom. The van der Waals surface area contributed by atoms with E-state index < -0.39 is 0 Å². The summed E-state index contributed by atoms with van der Waals surface area (Å²) in [6, 6.07) is 0. The molecule has 0 aromatic carbocycles. The van der Waals surface area contributed by atoms with Gasteiger partial charge in [-0.15, -0.1) is 0 Å². The quantitative estimate of drug-likeness (QED) is 0.804. The van der Waals surface area contributed by atoms with Gasteiger partial charge in [0.15, 0.2) is 5.82 Å². The van der Waals surface area contributed by atoms with Gasteiger partial charge < -0.3 is 4.52 Å². The molecule has 1 atom stereocenters. The lowest BCUT2D eigenvalue weighted by molar-refractivity contribution is 0.148. The highest BCUT2D eigenvalue weighted by Gasteiger charge is 2.29. The summed E-state index contributed by atoms with van der Waals surface area (Å²) >= 11 is 0. The second kappa shape index (κ2) is 4.77. The lowest BCUT2D eigenvalue weighted by Crippen LogP contribution is -2.34. The van der Waals surface area contributed by atoms with E-state index in [1.54, 1.807) is 0 Å². The van der Waals surface area contributed by atoms with Crippen LogP contribution in [0.1, 0.15) is 56.7 Å². The molecule has 1 aromatic heterocycles. The number of hydrogen-bond donors (Lipinski definition) is 0. The molecule has 0 radical (unpaired) electrons. The summed E-state index contributed by atoms with van der Waals surface area (Å²) < 4.78 is 5.33. The van der Waals surface area contributed by atoms with E-state index in [9.17, 15) is 0 Å². The first-order chi connectivity index (χ1) is 8.35. The second-order valence-corrected chi connectivity index (χ2v) is 5.47. The molecular weight excluding hydrogens is 214 g/mol. The molecule has 1 aromatic rings. The lowest BCUT2D eigenvalue weighted by Gasteiger charge is -2.30. The lowest BCUT2D eigenvalue weighted by atomic mass is 9.96. The number of rotatable bonds is 4. The van der Waals surface area contributed by atoms with Gasteiger partial charge in [-0.1, -0.05) is 18.5 Å². The third-order valence-corrected chi connectivity index (χ3v) is 3.97. The Kier molecular flexibility index (Phi) is 3.14. The minimum atomic E-state index is 0.595. The molecule has 94 valence electrons. The van der Waals surface area contributed by atoms with E-state index in [-0.39, 0.29) is 0 Å².